The van der Waals surface area contributed by atoms with Crippen LogP contribution in [0.5, 0.6) is 5.75 Å². The molecular weight excluding hydrogens is 401 g/mol. The van der Waals surface area contributed by atoms with Gasteiger partial charge in [-0.05, 0) is 42.8 Å². The summed E-state index contributed by atoms with van der Waals surface area (Å²) in [5.74, 6) is -1.76. The van der Waals surface area contributed by atoms with Crippen molar-refractivity contribution >= 4 is 29.3 Å². The van der Waals surface area contributed by atoms with Crippen LogP contribution in [0.15, 0.2) is 42.5 Å². The minimum atomic E-state index is -0.734. The number of likely N-dealkylation sites (N-methyl/N-ethyl adjacent to an activating group) is 1. The predicted octanol–water partition coefficient (Wildman–Crippen LogP) is 2.12. The van der Waals surface area contributed by atoms with Crippen molar-refractivity contribution in [1.29, 1.82) is 0 Å². The molecule has 3 N–H and O–H groups in total. The summed E-state index contributed by atoms with van der Waals surface area (Å²) in [5.41, 5.74) is 6.08. The van der Waals surface area contributed by atoms with Crippen LogP contribution in [-0.2, 0) is 16.1 Å². The Hall–Kier alpha value is -3.13. The molecule has 2 aromatic rings. The zero-order valence-electron chi connectivity index (χ0n) is 15.8. The molecule has 0 aliphatic heterocycles. The second-order valence-electron chi connectivity index (χ2n) is 6.10. The maximum absolute atomic E-state index is 12.9. The normalized spacial score (nSPS) is 10.3. The molecule has 0 aliphatic carbocycles. The van der Waals surface area contributed by atoms with Gasteiger partial charge >= 0.3 is 0 Å². The number of benzene rings is 2. The van der Waals surface area contributed by atoms with Gasteiger partial charge in [0, 0.05) is 18.1 Å². The lowest BCUT2D eigenvalue weighted by Gasteiger charge is -2.21. The Morgan fingerprint density at radius 1 is 1.17 bits per heavy atom. The molecule has 0 fully saturated rings. The van der Waals surface area contributed by atoms with E-state index in [1.807, 2.05) is 0 Å². The van der Waals surface area contributed by atoms with Gasteiger partial charge in [0.25, 0.3) is 11.8 Å². The van der Waals surface area contributed by atoms with Crippen LogP contribution in [0.25, 0.3) is 0 Å². The highest BCUT2D eigenvalue weighted by atomic mass is 35.5. The molecule has 9 heteroatoms. The number of amides is 3. The van der Waals surface area contributed by atoms with Crippen molar-refractivity contribution in [2.75, 3.05) is 19.7 Å². The van der Waals surface area contributed by atoms with Crippen molar-refractivity contribution in [1.82, 2.24) is 10.2 Å². The molecule has 0 spiro atoms. The van der Waals surface area contributed by atoms with E-state index in [0.717, 1.165) is 5.56 Å². The number of ether oxygens (including phenoxy) is 1. The average molecular weight is 422 g/mol. The van der Waals surface area contributed by atoms with Crippen LogP contribution in [0, 0.1) is 5.82 Å². The van der Waals surface area contributed by atoms with Crippen molar-refractivity contribution in [3.8, 4) is 5.75 Å². The van der Waals surface area contributed by atoms with E-state index in [0.29, 0.717) is 5.02 Å². The third kappa shape index (κ3) is 6.76. The van der Waals surface area contributed by atoms with E-state index in [2.05, 4.69) is 5.32 Å². The Kier molecular flexibility index (Phi) is 7.97. The molecule has 0 aliphatic rings. The van der Waals surface area contributed by atoms with E-state index in [9.17, 15) is 18.8 Å². The molecule has 2 aromatic carbocycles. The third-order valence-corrected chi connectivity index (χ3v) is 4.27. The fraction of sp³-hybridized carbons (Fsp3) is 0.250. The first-order valence-corrected chi connectivity index (χ1v) is 9.19. The summed E-state index contributed by atoms with van der Waals surface area (Å²) >= 11 is 5.83. The lowest BCUT2D eigenvalue weighted by Crippen LogP contribution is -2.42. The first kappa shape index (κ1) is 22.2. The largest absolute Gasteiger partial charge is 0.483 e. The molecule has 0 aromatic heterocycles. The molecule has 2 rings (SSSR count). The van der Waals surface area contributed by atoms with Crippen LogP contribution < -0.4 is 15.8 Å². The highest BCUT2D eigenvalue weighted by Crippen LogP contribution is 2.22. The Morgan fingerprint density at radius 2 is 1.86 bits per heavy atom. The number of primary amides is 1. The Morgan fingerprint density at radius 3 is 2.48 bits per heavy atom. The molecule has 0 saturated carbocycles. The van der Waals surface area contributed by atoms with Crippen molar-refractivity contribution in [2.45, 2.75) is 13.5 Å². The number of hydrogen-bond acceptors (Lipinski definition) is 4. The first-order chi connectivity index (χ1) is 13.8. The van der Waals surface area contributed by atoms with Crippen LogP contribution >= 0.6 is 11.6 Å². The van der Waals surface area contributed by atoms with Gasteiger partial charge < -0.3 is 20.7 Å². The number of carbonyl (C=O) groups excluding carboxylic acids is 3. The number of hydrogen-bond donors (Lipinski definition) is 2. The van der Waals surface area contributed by atoms with Gasteiger partial charge in [0.2, 0.25) is 5.91 Å². The Bertz CT molecular complexity index is 890. The summed E-state index contributed by atoms with van der Waals surface area (Å²) in [6.45, 7) is 1.69. The number of rotatable bonds is 9. The second-order valence-corrected chi connectivity index (χ2v) is 6.54. The summed E-state index contributed by atoms with van der Waals surface area (Å²) in [5, 5.41) is 2.98. The molecule has 0 radical (unpaired) electrons. The fourth-order valence-electron chi connectivity index (χ4n) is 2.46. The van der Waals surface area contributed by atoms with Crippen molar-refractivity contribution < 1.29 is 23.5 Å². The van der Waals surface area contributed by atoms with Gasteiger partial charge in [-0.2, -0.15) is 0 Å². The molecule has 3 amide bonds. The van der Waals surface area contributed by atoms with Gasteiger partial charge in [0.05, 0.1) is 12.1 Å². The molecule has 0 unspecified atom stereocenters. The molecular formula is C20H21ClFN3O4. The van der Waals surface area contributed by atoms with E-state index in [1.165, 1.54) is 35.2 Å². The van der Waals surface area contributed by atoms with Gasteiger partial charge in [-0.3, -0.25) is 14.4 Å². The summed E-state index contributed by atoms with van der Waals surface area (Å²) in [4.78, 5) is 37.3. The third-order valence-electron chi connectivity index (χ3n) is 4.03. The molecule has 29 heavy (non-hydrogen) atoms. The molecule has 0 bridgehead atoms. The van der Waals surface area contributed by atoms with E-state index < -0.39 is 11.8 Å². The zero-order valence-corrected chi connectivity index (χ0v) is 16.5. The summed E-state index contributed by atoms with van der Waals surface area (Å²) < 4.78 is 18.3. The lowest BCUT2D eigenvalue weighted by molar-refractivity contribution is -0.137. The van der Waals surface area contributed by atoms with Crippen molar-refractivity contribution in [3.63, 3.8) is 0 Å². The molecule has 0 saturated heterocycles. The second kappa shape index (κ2) is 10.4. The number of halogens is 2. The predicted molar refractivity (Wildman–Crippen MR) is 106 cm³/mol. The number of nitrogens with two attached hydrogens (primary N) is 1. The van der Waals surface area contributed by atoms with Gasteiger partial charge in [-0.1, -0.05) is 23.7 Å². The van der Waals surface area contributed by atoms with Crippen LogP contribution in [-0.4, -0.2) is 42.3 Å². The summed E-state index contributed by atoms with van der Waals surface area (Å²) in [6.07, 6.45) is 0. The number of carbonyl (C=O) groups is 3. The average Bonchev–Trinajstić information content (AvgIpc) is 2.70. The topological polar surface area (TPSA) is 102 Å². The highest BCUT2D eigenvalue weighted by molar-refractivity contribution is 6.31. The van der Waals surface area contributed by atoms with Crippen LogP contribution in [0.3, 0.4) is 0 Å². The monoisotopic (exact) mass is 421 g/mol. The summed E-state index contributed by atoms with van der Waals surface area (Å²) in [6, 6.07) is 10.0. The lowest BCUT2D eigenvalue weighted by atomic mass is 10.2. The quantitative estimate of drug-likeness (QED) is 0.647. The minimum Gasteiger partial charge on any atom is -0.483 e. The molecule has 154 valence electrons. The van der Waals surface area contributed by atoms with E-state index in [-0.39, 0.29) is 49.3 Å². The van der Waals surface area contributed by atoms with Crippen LogP contribution in [0.1, 0.15) is 22.8 Å². The molecule has 0 heterocycles. The van der Waals surface area contributed by atoms with E-state index in [1.54, 1.807) is 19.1 Å². The number of nitrogens with one attached hydrogen (secondary N) is 1. The minimum absolute atomic E-state index is 0.0605. The van der Waals surface area contributed by atoms with Crippen LogP contribution in [0.2, 0.25) is 5.02 Å². The van der Waals surface area contributed by atoms with Gasteiger partial charge in [-0.25, -0.2) is 4.39 Å². The van der Waals surface area contributed by atoms with Gasteiger partial charge in [0.15, 0.2) is 6.61 Å². The van der Waals surface area contributed by atoms with E-state index >= 15 is 0 Å². The molecule has 0 atom stereocenters. The maximum Gasteiger partial charge on any atom is 0.260 e. The molecule has 7 nitrogen and oxygen atoms in total. The first-order valence-electron chi connectivity index (χ1n) is 8.81. The fourth-order valence-corrected chi connectivity index (χ4v) is 2.63. The van der Waals surface area contributed by atoms with Gasteiger partial charge in [-0.15, -0.1) is 0 Å². The zero-order chi connectivity index (χ0) is 21.4. The SMILES string of the molecule is CCN(CC(=O)NCc1ccc(F)cc1)C(=O)COc1ccc(Cl)cc1C(N)=O. The summed E-state index contributed by atoms with van der Waals surface area (Å²) in [7, 11) is 0. The van der Waals surface area contributed by atoms with Crippen molar-refractivity contribution in [3.05, 3.63) is 64.4 Å². The standard InChI is InChI=1S/C20H21ClFN3O4/c1-2-25(11-18(26)24-10-13-3-6-15(22)7-4-13)19(27)12-29-17-8-5-14(21)9-16(17)20(23)28/h3-9H,2,10-12H2,1H3,(H2,23,28)(H,24,26). The van der Waals surface area contributed by atoms with Crippen molar-refractivity contribution in [2.24, 2.45) is 5.73 Å². The highest BCUT2D eigenvalue weighted by Gasteiger charge is 2.18. The smallest absolute Gasteiger partial charge is 0.260 e. The van der Waals surface area contributed by atoms with E-state index in [4.69, 9.17) is 22.1 Å². The maximum atomic E-state index is 12.9. The number of nitrogens with zero attached hydrogens (tertiary/aromatic N) is 1. The van der Waals surface area contributed by atoms with Crippen LogP contribution in [0.4, 0.5) is 4.39 Å². The Labute approximate surface area is 172 Å². The van der Waals surface area contributed by atoms with Gasteiger partial charge in [0.1, 0.15) is 11.6 Å². The Balaban J connectivity index is 1.89.